The van der Waals surface area contributed by atoms with Crippen LogP contribution in [0.15, 0.2) is 6.20 Å². The number of aromatic nitrogens is 2. The van der Waals surface area contributed by atoms with Crippen LogP contribution in [0.3, 0.4) is 0 Å². The van der Waals surface area contributed by atoms with E-state index in [-0.39, 0.29) is 11.9 Å². The van der Waals surface area contributed by atoms with Crippen molar-refractivity contribution in [2.24, 2.45) is 5.92 Å². The first-order valence-corrected chi connectivity index (χ1v) is 7.62. The van der Waals surface area contributed by atoms with Crippen LogP contribution < -0.4 is 0 Å². The number of rotatable bonds is 2. The molecule has 0 bridgehead atoms. The number of fused-ring (bicyclic) bond motifs is 1. The second-order valence-corrected chi connectivity index (χ2v) is 6.21. The molecule has 1 aromatic heterocycles. The van der Waals surface area contributed by atoms with Gasteiger partial charge in [0.05, 0.1) is 38.0 Å². The number of hydrogen-bond acceptors (Lipinski definition) is 5. The molecule has 21 heavy (non-hydrogen) atoms. The lowest BCUT2D eigenvalue weighted by Gasteiger charge is -2.33. The van der Waals surface area contributed by atoms with E-state index >= 15 is 0 Å². The van der Waals surface area contributed by atoms with Crippen molar-refractivity contribution < 1.29 is 19.0 Å². The van der Waals surface area contributed by atoms with Gasteiger partial charge in [0, 0.05) is 19.0 Å². The Morgan fingerprint density at radius 1 is 1.43 bits per heavy atom. The zero-order valence-electron chi connectivity index (χ0n) is 12.2. The molecule has 114 valence electrons. The highest BCUT2D eigenvalue weighted by Crippen LogP contribution is 2.40. The van der Waals surface area contributed by atoms with Gasteiger partial charge < -0.3 is 14.2 Å². The highest BCUT2D eigenvalue weighted by Gasteiger charge is 2.42. The molecule has 1 saturated heterocycles. The summed E-state index contributed by atoms with van der Waals surface area (Å²) in [5, 5.41) is 4.70. The van der Waals surface area contributed by atoms with Gasteiger partial charge in [-0.3, -0.25) is 9.48 Å². The van der Waals surface area contributed by atoms with Crippen LogP contribution in [0.4, 0.5) is 0 Å². The van der Waals surface area contributed by atoms with Crippen LogP contribution in [0.5, 0.6) is 0 Å². The van der Waals surface area contributed by atoms with E-state index in [4.69, 9.17) is 19.3 Å². The molecule has 1 aliphatic heterocycles. The first-order valence-electron chi connectivity index (χ1n) is 7.62. The zero-order valence-corrected chi connectivity index (χ0v) is 12.2. The molecule has 2 aliphatic carbocycles. The van der Waals surface area contributed by atoms with Gasteiger partial charge in [0.15, 0.2) is 5.79 Å². The van der Waals surface area contributed by atoms with Crippen LogP contribution in [0.1, 0.15) is 36.6 Å². The van der Waals surface area contributed by atoms with Crippen molar-refractivity contribution in [2.45, 2.75) is 43.9 Å². The van der Waals surface area contributed by atoms with Gasteiger partial charge in [-0.05, 0) is 24.8 Å². The van der Waals surface area contributed by atoms with Gasteiger partial charge >= 0.3 is 5.97 Å². The zero-order chi connectivity index (χ0) is 14.4. The summed E-state index contributed by atoms with van der Waals surface area (Å²) >= 11 is 0. The Morgan fingerprint density at radius 3 is 2.90 bits per heavy atom. The van der Waals surface area contributed by atoms with Gasteiger partial charge in [-0.15, -0.1) is 0 Å². The Balaban J connectivity index is 1.46. The largest absolute Gasteiger partial charge is 0.469 e. The molecular formula is C15H20N2O4. The van der Waals surface area contributed by atoms with E-state index in [9.17, 15) is 4.79 Å². The minimum Gasteiger partial charge on any atom is -0.469 e. The van der Waals surface area contributed by atoms with Crippen LogP contribution >= 0.6 is 0 Å². The summed E-state index contributed by atoms with van der Waals surface area (Å²) in [6.45, 7) is 1.37. The summed E-state index contributed by atoms with van der Waals surface area (Å²) in [7, 11) is 1.45. The third kappa shape index (κ3) is 2.17. The fraction of sp³-hybridized carbons (Fsp3) is 0.733. The predicted octanol–water partition coefficient (Wildman–Crippen LogP) is 1.24. The normalized spacial score (nSPS) is 30.0. The Hall–Kier alpha value is -1.40. The number of esters is 1. The summed E-state index contributed by atoms with van der Waals surface area (Å²) in [6, 6.07) is 0.320. The highest BCUT2D eigenvalue weighted by atomic mass is 16.7. The van der Waals surface area contributed by atoms with Crippen LogP contribution in [-0.2, 0) is 31.8 Å². The van der Waals surface area contributed by atoms with Gasteiger partial charge in [0.2, 0.25) is 0 Å². The van der Waals surface area contributed by atoms with Crippen LogP contribution in [0.2, 0.25) is 0 Å². The fourth-order valence-corrected chi connectivity index (χ4v) is 3.61. The topological polar surface area (TPSA) is 62.6 Å². The van der Waals surface area contributed by atoms with Crippen LogP contribution in [0.25, 0.3) is 0 Å². The van der Waals surface area contributed by atoms with Crippen molar-refractivity contribution in [3.05, 3.63) is 17.5 Å². The number of aryl methyl sites for hydroxylation is 1. The molecule has 2 fully saturated rings. The molecule has 4 rings (SSSR count). The maximum absolute atomic E-state index is 11.5. The summed E-state index contributed by atoms with van der Waals surface area (Å²) in [5.41, 5.74) is 2.38. The molecule has 1 saturated carbocycles. The number of ether oxygens (including phenoxy) is 3. The molecule has 0 radical (unpaired) electrons. The Bertz CT molecular complexity index is 556. The molecule has 1 aromatic rings. The number of carbonyl (C=O) groups excluding carboxylic acids is 1. The second kappa shape index (κ2) is 4.81. The maximum Gasteiger partial charge on any atom is 0.308 e. The smallest absolute Gasteiger partial charge is 0.308 e. The molecule has 6 nitrogen and oxygen atoms in total. The van der Waals surface area contributed by atoms with Gasteiger partial charge in [-0.2, -0.15) is 5.10 Å². The van der Waals surface area contributed by atoms with E-state index in [1.54, 1.807) is 0 Å². The fourth-order valence-electron chi connectivity index (χ4n) is 3.61. The van der Waals surface area contributed by atoms with Gasteiger partial charge in [-0.1, -0.05) is 0 Å². The number of nitrogens with zero attached hydrogens (tertiary/aromatic N) is 2. The monoisotopic (exact) mass is 292 g/mol. The molecule has 0 aromatic carbocycles. The lowest BCUT2D eigenvalue weighted by atomic mass is 9.80. The standard InChI is InChI=1S/C15H20N2O4/c1-19-14(18)10-6-12(7-10)17-9-11-8-15(20-4-5-21-15)3-2-13(11)16-17/h9-10,12H,2-8H2,1H3/t10-,12+. The average molecular weight is 292 g/mol. The summed E-state index contributed by atoms with van der Waals surface area (Å²) in [4.78, 5) is 11.5. The Kier molecular flexibility index (Phi) is 3.04. The number of methoxy groups -OCH3 is 1. The minimum absolute atomic E-state index is 0.0362. The number of hydrogen-bond donors (Lipinski definition) is 0. The lowest BCUT2D eigenvalue weighted by molar-refractivity contribution is -0.163. The van der Waals surface area contributed by atoms with Crippen molar-refractivity contribution in [1.82, 2.24) is 9.78 Å². The third-order valence-electron chi connectivity index (χ3n) is 4.93. The lowest BCUT2D eigenvalue weighted by Crippen LogP contribution is -2.36. The molecule has 2 heterocycles. The van der Waals surface area contributed by atoms with Gasteiger partial charge in [0.25, 0.3) is 0 Å². The summed E-state index contributed by atoms with van der Waals surface area (Å²) in [5.74, 6) is -0.473. The second-order valence-electron chi connectivity index (χ2n) is 6.21. The molecular weight excluding hydrogens is 272 g/mol. The Morgan fingerprint density at radius 2 is 2.19 bits per heavy atom. The average Bonchev–Trinajstić information content (AvgIpc) is 3.04. The highest BCUT2D eigenvalue weighted by molar-refractivity contribution is 5.73. The predicted molar refractivity (Wildman–Crippen MR) is 72.7 cm³/mol. The van der Waals surface area contributed by atoms with E-state index < -0.39 is 5.79 Å². The van der Waals surface area contributed by atoms with E-state index in [0.29, 0.717) is 19.3 Å². The Labute approximate surface area is 123 Å². The van der Waals surface area contributed by atoms with E-state index in [1.807, 2.05) is 4.68 Å². The van der Waals surface area contributed by atoms with Gasteiger partial charge in [0.1, 0.15) is 0 Å². The first-order chi connectivity index (χ1) is 10.2. The molecule has 0 amide bonds. The van der Waals surface area contributed by atoms with Crippen LogP contribution in [-0.4, -0.2) is 41.9 Å². The quantitative estimate of drug-likeness (QED) is 0.767. The maximum atomic E-state index is 11.5. The third-order valence-corrected chi connectivity index (χ3v) is 4.93. The molecule has 0 N–H and O–H groups in total. The minimum atomic E-state index is -0.408. The van der Waals surface area contributed by atoms with Crippen LogP contribution in [0, 0.1) is 5.92 Å². The molecule has 6 heteroatoms. The van der Waals surface area contributed by atoms with E-state index in [2.05, 4.69) is 6.20 Å². The van der Waals surface area contributed by atoms with Crippen molar-refractivity contribution >= 4 is 5.97 Å². The molecule has 1 spiro atoms. The molecule has 0 unspecified atom stereocenters. The first kappa shape index (κ1) is 13.3. The van der Waals surface area contributed by atoms with E-state index in [1.165, 1.54) is 12.7 Å². The SMILES string of the molecule is COC(=O)[C@H]1C[C@@H](n2cc3c(n2)CCC2(C3)OCCO2)C1. The summed E-state index contributed by atoms with van der Waals surface area (Å²) in [6.07, 6.45) is 6.33. The van der Waals surface area contributed by atoms with E-state index in [0.717, 1.165) is 37.8 Å². The number of carbonyl (C=O) groups is 1. The summed E-state index contributed by atoms with van der Waals surface area (Å²) < 4.78 is 18.4. The van der Waals surface area contributed by atoms with Crippen molar-refractivity contribution in [2.75, 3.05) is 20.3 Å². The van der Waals surface area contributed by atoms with Crippen molar-refractivity contribution in [3.63, 3.8) is 0 Å². The van der Waals surface area contributed by atoms with Crippen molar-refractivity contribution in [1.29, 1.82) is 0 Å². The molecule has 3 aliphatic rings. The van der Waals surface area contributed by atoms with Crippen molar-refractivity contribution in [3.8, 4) is 0 Å². The van der Waals surface area contributed by atoms with Gasteiger partial charge in [-0.25, -0.2) is 0 Å². The molecule has 0 atom stereocenters.